The van der Waals surface area contributed by atoms with Gasteiger partial charge in [0.2, 0.25) is 5.79 Å². The second kappa shape index (κ2) is 7.13. The van der Waals surface area contributed by atoms with E-state index < -0.39 is 74.0 Å². The van der Waals surface area contributed by atoms with Gasteiger partial charge in [-0.1, -0.05) is 0 Å². The molecule has 2 rings (SSSR count). The van der Waals surface area contributed by atoms with E-state index in [2.05, 4.69) is 0 Å². The van der Waals surface area contributed by atoms with E-state index in [0.717, 1.165) is 0 Å². The molecule has 2 saturated heterocycles. The lowest BCUT2D eigenvalue weighted by atomic mass is 9.98. The van der Waals surface area contributed by atoms with E-state index >= 15 is 0 Å². The molecule has 0 unspecified atom stereocenters. The SMILES string of the molecule is O=C(O)[C@H]1O[C@H](O[C@@]2(CO)O[C@H](CO)[C@@H](O)[C@@H]2O)[C@H](O)[C@@H](O)[C@@H]1O. The number of hydrogen-bond donors (Lipinski definition) is 8. The maximum atomic E-state index is 11.0. The van der Waals surface area contributed by atoms with Crippen molar-refractivity contribution in [3.63, 3.8) is 0 Å². The van der Waals surface area contributed by atoms with Crippen LogP contribution in [0.4, 0.5) is 0 Å². The smallest absolute Gasteiger partial charge is 0.335 e. The van der Waals surface area contributed by atoms with E-state index in [4.69, 9.17) is 24.4 Å². The van der Waals surface area contributed by atoms with Gasteiger partial charge in [0.05, 0.1) is 6.61 Å². The van der Waals surface area contributed by atoms with Gasteiger partial charge in [0.15, 0.2) is 12.4 Å². The first-order valence-corrected chi connectivity index (χ1v) is 7.04. The fourth-order valence-corrected chi connectivity index (χ4v) is 2.62. The summed E-state index contributed by atoms with van der Waals surface area (Å²) >= 11 is 0. The van der Waals surface area contributed by atoms with Crippen molar-refractivity contribution in [2.45, 2.75) is 54.8 Å². The van der Waals surface area contributed by atoms with Crippen LogP contribution in [-0.4, -0.2) is 115 Å². The first-order valence-electron chi connectivity index (χ1n) is 7.04. The van der Waals surface area contributed by atoms with Crippen molar-refractivity contribution < 1.29 is 59.9 Å². The summed E-state index contributed by atoms with van der Waals surface area (Å²) in [5.41, 5.74) is 0. The van der Waals surface area contributed by atoms with Crippen molar-refractivity contribution in [3.05, 3.63) is 0 Å². The Bertz CT molecular complexity index is 459. The van der Waals surface area contributed by atoms with Crippen molar-refractivity contribution in [1.29, 1.82) is 0 Å². The molecule has 0 spiro atoms. The Labute approximate surface area is 135 Å². The molecule has 0 aromatic rings. The summed E-state index contributed by atoms with van der Waals surface area (Å²) in [7, 11) is 0. The fourth-order valence-electron chi connectivity index (χ4n) is 2.62. The lowest BCUT2D eigenvalue weighted by molar-refractivity contribution is -0.379. The highest BCUT2D eigenvalue weighted by molar-refractivity contribution is 5.73. The van der Waals surface area contributed by atoms with E-state index in [1.165, 1.54) is 0 Å². The summed E-state index contributed by atoms with van der Waals surface area (Å²) in [5.74, 6) is -4.00. The van der Waals surface area contributed by atoms with Gasteiger partial charge < -0.3 is 55.1 Å². The third-order valence-corrected chi connectivity index (χ3v) is 4.03. The highest BCUT2D eigenvalue weighted by Crippen LogP contribution is 2.35. The molecular formula is C12H20O12. The molecular weight excluding hydrogens is 336 g/mol. The second-order valence-corrected chi connectivity index (χ2v) is 5.60. The third kappa shape index (κ3) is 3.13. The van der Waals surface area contributed by atoms with Gasteiger partial charge in [-0.15, -0.1) is 0 Å². The Hall–Kier alpha value is -0.930. The first-order chi connectivity index (χ1) is 11.2. The van der Waals surface area contributed by atoms with Crippen LogP contribution >= 0.6 is 0 Å². The van der Waals surface area contributed by atoms with Gasteiger partial charge >= 0.3 is 5.97 Å². The second-order valence-electron chi connectivity index (χ2n) is 5.60. The molecule has 8 N–H and O–H groups in total. The Morgan fingerprint density at radius 3 is 2.08 bits per heavy atom. The number of hydrogen-bond acceptors (Lipinski definition) is 11. The van der Waals surface area contributed by atoms with Crippen LogP contribution in [0.1, 0.15) is 0 Å². The van der Waals surface area contributed by atoms with E-state index in [1.54, 1.807) is 0 Å². The van der Waals surface area contributed by atoms with Gasteiger partial charge in [-0.2, -0.15) is 0 Å². The molecule has 0 aromatic heterocycles. The monoisotopic (exact) mass is 356 g/mol. The molecule has 140 valence electrons. The molecule has 0 aromatic carbocycles. The maximum Gasteiger partial charge on any atom is 0.335 e. The van der Waals surface area contributed by atoms with E-state index in [1.807, 2.05) is 0 Å². The van der Waals surface area contributed by atoms with Crippen LogP contribution in [0.25, 0.3) is 0 Å². The molecule has 12 heteroatoms. The largest absolute Gasteiger partial charge is 0.479 e. The lowest BCUT2D eigenvalue weighted by Crippen LogP contribution is -2.63. The zero-order valence-corrected chi connectivity index (χ0v) is 12.2. The highest BCUT2D eigenvalue weighted by atomic mass is 16.8. The maximum absolute atomic E-state index is 11.0. The van der Waals surface area contributed by atoms with Crippen LogP contribution in [0.3, 0.4) is 0 Å². The molecule has 0 radical (unpaired) electrons. The predicted octanol–water partition coefficient (Wildman–Crippen LogP) is -5.30. The van der Waals surface area contributed by atoms with Crippen molar-refractivity contribution in [3.8, 4) is 0 Å². The Morgan fingerprint density at radius 1 is 1.00 bits per heavy atom. The summed E-state index contributed by atoms with van der Waals surface area (Å²) in [5, 5.41) is 76.4. The molecule has 9 atom stereocenters. The van der Waals surface area contributed by atoms with Gasteiger partial charge in [0.1, 0.15) is 43.2 Å². The zero-order chi connectivity index (χ0) is 18.2. The minimum Gasteiger partial charge on any atom is -0.479 e. The minimum atomic E-state index is -2.34. The number of aliphatic carboxylic acids is 1. The molecule has 0 amide bonds. The summed E-state index contributed by atoms with van der Waals surface area (Å²) in [4.78, 5) is 11.0. The van der Waals surface area contributed by atoms with Crippen molar-refractivity contribution in [2.75, 3.05) is 13.2 Å². The van der Waals surface area contributed by atoms with Crippen LogP contribution in [0, 0.1) is 0 Å². The summed E-state index contributed by atoms with van der Waals surface area (Å²) in [6.45, 7) is -1.78. The summed E-state index contributed by atoms with van der Waals surface area (Å²) < 4.78 is 15.0. The third-order valence-electron chi connectivity index (χ3n) is 4.03. The lowest BCUT2D eigenvalue weighted by Gasteiger charge is -2.42. The molecule has 2 aliphatic rings. The normalized spacial score (nSPS) is 49.3. The molecule has 0 aliphatic carbocycles. The van der Waals surface area contributed by atoms with Crippen LogP contribution in [0.2, 0.25) is 0 Å². The highest BCUT2D eigenvalue weighted by Gasteiger charge is 2.58. The number of carbonyl (C=O) groups is 1. The van der Waals surface area contributed by atoms with Gasteiger partial charge in [-0.25, -0.2) is 4.79 Å². The van der Waals surface area contributed by atoms with E-state index in [-0.39, 0.29) is 0 Å². The Morgan fingerprint density at radius 2 is 1.62 bits per heavy atom. The molecule has 0 saturated carbocycles. The Balaban J connectivity index is 2.22. The number of rotatable bonds is 5. The molecule has 0 bridgehead atoms. The number of carboxylic acid groups (broad SMARTS) is 1. The van der Waals surface area contributed by atoms with Crippen LogP contribution < -0.4 is 0 Å². The van der Waals surface area contributed by atoms with Crippen molar-refractivity contribution in [2.24, 2.45) is 0 Å². The van der Waals surface area contributed by atoms with Crippen LogP contribution in [-0.2, 0) is 19.0 Å². The van der Waals surface area contributed by atoms with Crippen molar-refractivity contribution >= 4 is 5.97 Å². The standard InChI is InChI=1S/C12H20O12/c13-1-3-4(15)9(19)12(2-14,23-3)24-11-7(18)5(16)6(17)8(22-11)10(20)21/h3-9,11,13-19H,1-2H2,(H,20,21)/t3-,4-,5+,6+,7-,8+,9+,11-,12-/m1/s1. The van der Waals surface area contributed by atoms with Gasteiger partial charge in [-0.3, -0.25) is 0 Å². The average molecular weight is 356 g/mol. The Kier molecular flexibility index (Phi) is 5.76. The van der Waals surface area contributed by atoms with Crippen LogP contribution in [0.15, 0.2) is 0 Å². The number of ether oxygens (including phenoxy) is 3. The van der Waals surface area contributed by atoms with Gasteiger partial charge in [-0.05, 0) is 0 Å². The van der Waals surface area contributed by atoms with Crippen molar-refractivity contribution in [1.82, 2.24) is 0 Å². The quantitative estimate of drug-likeness (QED) is 0.232. The molecule has 2 fully saturated rings. The molecule has 24 heavy (non-hydrogen) atoms. The number of aliphatic hydroxyl groups is 7. The average Bonchev–Trinajstić information content (AvgIpc) is 2.80. The molecule has 2 aliphatic heterocycles. The van der Waals surface area contributed by atoms with Gasteiger partial charge in [0, 0.05) is 0 Å². The molecule has 12 nitrogen and oxygen atoms in total. The summed E-state index contributed by atoms with van der Waals surface area (Å²) in [6, 6.07) is 0. The zero-order valence-electron chi connectivity index (χ0n) is 12.2. The fraction of sp³-hybridized carbons (Fsp3) is 0.917. The minimum absolute atomic E-state index is 0.726. The number of carboxylic acids is 1. The first kappa shape index (κ1) is 19.4. The van der Waals surface area contributed by atoms with E-state index in [9.17, 15) is 35.4 Å². The van der Waals surface area contributed by atoms with E-state index in [0.29, 0.717) is 0 Å². The topological polar surface area (TPSA) is 207 Å². The van der Waals surface area contributed by atoms with Crippen LogP contribution in [0.5, 0.6) is 0 Å². The number of aliphatic hydroxyl groups excluding tert-OH is 7. The summed E-state index contributed by atoms with van der Waals surface area (Å²) in [6.07, 6.45) is -14.6. The predicted molar refractivity (Wildman–Crippen MR) is 69.2 cm³/mol. The van der Waals surface area contributed by atoms with Gasteiger partial charge in [0.25, 0.3) is 0 Å². The molecule has 2 heterocycles.